The predicted molar refractivity (Wildman–Crippen MR) is 65.0 cm³/mol. The molecule has 100 valence electrons. The second-order valence-electron chi connectivity index (χ2n) is 4.01. The minimum absolute atomic E-state index is 0.136. The van der Waals surface area contributed by atoms with Crippen LogP contribution in [-0.4, -0.2) is 0 Å². The van der Waals surface area contributed by atoms with Gasteiger partial charge in [0.25, 0.3) is 0 Å². The molecule has 2 N–H and O–H groups in total. The lowest BCUT2D eigenvalue weighted by atomic mass is 10.1. The highest BCUT2D eigenvalue weighted by atomic mass is 19.1. The maximum absolute atomic E-state index is 13.3. The van der Waals surface area contributed by atoms with Crippen molar-refractivity contribution >= 4 is 0 Å². The van der Waals surface area contributed by atoms with Crippen LogP contribution in [0, 0.1) is 17.5 Å². The molecule has 0 aliphatic heterocycles. The zero-order valence-corrected chi connectivity index (χ0v) is 10.00. The molecule has 0 spiro atoms. The summed E-state index contributed by atoms with van der Waals surface area (Å²) in [6.07, 6.45) is 0. The number of hydrogen-bond donors (Lipinski definition) is 1. The quantitative estimate of drug-likeness (QED) is 0.923. The first-order valence-electron chi connectivity index (χ1n) is 5.65. The molecule has 2 rings (SSSR count). The van der Waals surface area contributed by atoms with E-state index in [-0.39, 0.29) is 13.2 Å². The number of para-hydroxylation sites is 1. The number of hydrogen-bond acceptors (Lipinski definition) is 2. The molecule has 0 saturated heterocycles. The summed E-state index contributed by atoms with van der Waals surface area (Å²) in [5.41, 5.74) is 6.47. The zero-order valence-electron chi connectivity index (χ0n) is 10.00. The van der Waals surface area contributed by atoms with Crippen molar-refractivity contribution in [3.8, 4) is 5.75 Å². The van der Waals surface area contributed by atoms with Crippen LogP contribution in [-0.2, 0) is 13.2 Å². The average molecular weight is 267 g/mol. The van der Waals surface area contributed by atoms with E-state index in [1.807, 2.05) is 0 Å². The Balaban J connectivity index is 2.16. The van der Waals surface area contributed by atoms with E-state index in [4.69, 9.17) is 10.5 Å². The van der Waals surface area contributed by atoms with Crippen LogP contribution in [0.25, 0.3) is 0 Å². The third-order valence-electron chi connectivity index (χ3n) is 2.56. The molecule has 0 aliphatic carbocycles. The highest BCUT2D eigenvalue weighted by Crippen LogP contribution is 2.22. The van der Waals surface area contributed by atoms with Gasteiger partial charge < -0.3 is 10.5 Å². The molecule has 2 aromatic carbocycles. The summed E-state index contributed by atoms with van der Waals surface area (Å²) >= 11 is 0. The van der Waals surface area contributed by atoms with E-state index in [1.165, 1.54) is 18.2 Å². The SMILES string of the molecule is NCc1cc(F)cc(COc2c(F)cccc2F)c1. The Labute approximate surface area is 108 Å². The minimum Gasteiger partial charge on any atom is -0.483 e. The molecule has 0 radical (unpaired) electrons. The van der Waals surface area contributed by atoms with Gasteiger partial charge in [0, 0.05) is 6.54 Å². The van der Waals surface area contributed by atoms with Gasteiger partial charge in [-0.3, -0.25) is 0 Å². The largest absolute Gasteiger partial charge is 0.483 e. The molecule has 0 heterocycles. The molecule has 0 amide bonds. The fourth-order valence-corrected chi connectivity index (χ4v) is 1.69. The van der Waals surface area contributed by atoms with E-state index < -0.39 is 23.2 Å². The molecule has 0 atom stereocenters. The van der Waals surface area contributed by atoms with Crippen molar-refractivity contribution < 1.29 is 17.9 Å². The maximum Gasteiger partial charge on any atom is 0.191 e. The van der Waals surface area contributed by atoms with Crippen LogP contribution >= 0.6 is 0 Å². The van der Waals surface area contributed by atoms with Crippen LogP contribution in [0.5, 0.6) is 5.75 Å². The molecule has 2 nitrogen and oxygen atoms in total. The third kappa shape index (κ3) is 3.26. The smallest absolute Gasteiger partial charge is 0.191 e. The van der Waals surface area contributed by atoms with E-state index in [0.717, 1.165) is 12.1 Å². The van der Waals surface area contributed by atoms with E-state index in [2.05, 4.69) is 0 Å². The van der Waals surface area contributed by atoms with Gasteiger partial charge >= 0.3 is 0 Å². The van der Waals surface area contributed by atoms with Crippen molar-refractivity contribution in [3.63, 3.8) is 0 Å². The molecular formula is C14H12F3NO. The van der Waals surface area contributed by atoms with Crippen molar-refractivity contribution in [3.05, 3.63) is 65.0 Å². The van der Waals surface area contributed by atoms with Crippen molar-refractivity contribution in [2.45, 2.75) is 13.2 Å². The standard InChI is InChI=1S/C14H12F3NO/c15-11-5-9(7-18)4-10(6-11)8-19-14-12(16)2-1-3-13(14)17/h1-6H,7-8,18H2. The summed E-state index contributed by atoms with van der Waals surface area (Å²) in [7, 11) is 0. The summed E-state index contributed by atoms with van der Waals surface area (Å²) in [6, 6.07) is 7.59. The Morgan fingerprint density at radius 2 is 1.58 bits per heavy atom. The second kappa shape index (κ2) is 5.75. The number of benzene rings is 2. The van der Waals surface area contributed by atoms with Gasteiger partial charge in [0.15, 0.2) is 17.4 Å². The van der Waals surface area contributed by atoms with E-state index in [0.29, 0.717) is 11.1 Å². The van der Waals surface area contributed by atoms with Gasteiger partial charge in [-0.15, -0.1) is 0 Å². The fraction of sp³-hybridized carbons (Fsp3) is 0.143. The molecule has 5 heteroatoms. The number of ether oxygens (including phenoxy) is 1. The summed E-state index contributed by atoms with van der Waals surface area (Å²) in [4.78, 5) is 0. The normalized spacial score (nSPS) is 10.5. The van der Waals surface area contributed by atoms with Crippen LogP contribution < -0.4 is 10.5 Å². The van der Waals surface area contributed by atoms with Crippen molar-refractivity contribution in [2.75, 3.05) is 0 Å². The lowest BCUT2D eigenvalue weighted by Gasteiger charge is -2.09. The van der Waals surface area contributed by atoms with Crippen molar-refractivity contribution in [1.82, 2.24) is 0 Å². The molecule has 0 aliphatic rings. The monoisotopic (exact) mass is 267 g/mol. The molecule has 0 saturated carbocycles. The Morgan fingerprint density at radius 3 is 2.21 bits per heavy atom. The van der Waals surface area contributed by atoms with Crippen LogP contribution in [0.4, 0.5) is 13.2 Å². The topological polar surface area (TPSA) is 35.2 Å². The van der Waals surface area contributed by atoms with Crippen molar-refractivity contribution in [2.24, 2.45) is 5.73 Å². The first-order chi connectivity index (χ1) is 9.10. The van der Waals surface area contributed by atoms with E-state index in [1.54, 1.807) is 6.07 Å². The van der Waals surface area contributed by atoms with E-state index >= 15 is 0 Å². The number of halogens is 3. The summed E-state index contributed by atoms with van der Waals surface area (Å²) in [6.45, 7) is 0.0431. The van der Waals surface area contributed by atoms with E-state index in [9.17, 15) is 13.2 Å². The Hall–Kier alpha value is -2.01. The number of rotatable bonds is 4. The first-order valence-corrected chi connectivity index (χ1v) is 5.65. The highest BCUT2D eigenvalue weighted by Gasteiger charge is 2.10. The summed E-state index contributed by atoms with van der Waals surface area (Å²) in [5, 5.41) is 0. The van der Waals surface area contributed by atoms with Gasteiger partial charge in [-0.25, -0.2) is 13.2 Å². The third-order valence-corrected chi connectivity index (χ3v) is 2.56. The van der Waals surface area contributed by atoms with Gasteiger partial charge in [-0.2, -0.15) is 0 Å². The van der Waals surface area contributed by atoms with Crippen LogP contribution in [0.1, 0.15) is 11.1 Å². The van der Waals surface area contributed by atoms with Gasteiger partial charge in [0.05, 0.1) is 0 Å². The van der Waals surface area contributed by atoms with Gasteiger partial charge in [-0.1, -0.05) is 12.1 Å². The molecule has 0 unspecified atom stereocenters. The highest BCUT2D eigenvalue weighted by molar-refractivity contribution is 5.28. The average Bonchev–Trinajstić information content (AvgIpc) is 2.37. The zero-order chi connectivity index (χ0) is 13.8. The molecular weight excluding hydrogens is 255 g/mol. The first kappa shape index (κ1) is 13.4. The summed E-state index contributed by atoms with van der Waals surface area (Å²) in [5.74, 6) is -2.53. The van der Waals surface area contributed by atoms with Gasteiger partial charge in [0.1, 0.15) is 12.4 Å². The lowest BCUT2D eigenvalue weighted by molar-refractivity contribution is 0.273. The van der Waals surface area contributed by atoms with Crippen molar-refractivity contribution in [1.29, 1.82) is 0 Å². The predicted octanol–water partition coefficient (Wildman–Crippen LogP) is 3.14. The molecule has 0 bridgehead atoms. The van der Waals surface area contributed by atoms with Crippen LogP contribution in [0.15, 0.2) is 36.4 Å². The van der Waals surface area contributed by atoms with Gasteiger partial charge in [0.2, 0.25) is 0 Å². The maximum atomic E-state index is 13.3. The number of nitrogens with two attached hydrogens (primary N) is 1. The second-order valence-corrected chi connectivity index (χ2v) is 4.01. The molecule has 0 fully saturated rings. The minimum atomic E-state index is -0.796. The van der Waals surface area contributed by atoms with Gasteiger partial charge in [-0.05, 0) is 35.4 Å². The molecule has 2 aromatic rings. The van der Waals surface area contributed by atoms with Crippen LogP contribution in [0.2, 0.25) is 0 Å². The summed E-state index contributed by atoms with van der Waals surface area (Å²) < 4.78 is 44.9. The molecule has 0 aromatic heterocycles. The lowest BCUT2D eigenvalue weighted by Crippen LogP contribution is -2.03. The molecule has 19 heavy (non-hydrogen) atoms. The Kier molecular flexibility index (Phi) is 4.06. The Morgan fingerprint density at radius 1 is 0.947 bits per heavy atom. The van der Waals surface area contributed by atoms with Crippen LogP contribution in [0.3, 0.4) is 0 Å². The Bertz CT molecular complexity index is 567. The fourth-order valence-electron chi connectivity index (χ4n) is 1.69.